The Labute approximate surface area is 162 Å². The molecule has 5 heteroatoms. The zero-order valence-corrected chi connectivity index (χ0v) is 16.5. The molecule has 0 aromatic heterocycles. The van der Waals surface area contributed by atoms with Gasteiger partial charge in [-0.25, -0.2) is 4.79 Å². The molecule has 3 aliphatic rings. The van der Waals surface area contributed by atoms with Gasteiger partial charge >= 0.3 is 6.09 Å². The lowest BCUT2D eigenvalue weighted by atomic mass is 9.74. The van der Waals surface area contributed by atoms with Crippen LogP contribution < -0.4 is 10.6 Å². The van der Waals surface area contributed by atoms with Gasteiger partial charge < -0.3 is 20.3 Å². The van der Waals surface area contributed by atoms with E-state index in [9.17, 15) is 4.79 Å². The van der Waals surface area contributed by atoms with Crippen molar-refractivity contribution in [3.05, 3.63) is 29.8 Å². The fourth-order valence-electron chi connectivity index (χ4n) is 5.36. The van der Waals surface area contributed by atoms with E-state index in [0.717, 1.165) is 32.5 Å². The summed E-state index contributed by atoms with van der Waals surface area (Å²) < 4.78 is 5.09. The first-order valence-corrected chi connectivity index (χ1v) is 10.7. The van der Waals surface area contributed by atoms with Crippen LogP contribution in [-0.2, 0) is 10.2 Å². The van der Waals surface area contributed by atoms with Crippen LogP contribution in [0.25, 0.3) is 0 Å². The minimum absolute atomic E-state index is 0.251. The fraction of sp³-hybridized carbons (Fsp3) is 0.682. The standard InChI is InChI=1S/C22H33N3O2/c1-2-27-21(26)24-17-7-3-4-8-18(15-17)25-13-11-22(12-14-25)16-23-20-10-6-5-9-19(20)22/h5-6,9-10,17-18,23H,2-4,7-8,11-16H2,1H3,(H,24,26). The van der Waals surface area contributed by atoms with Crippen LogP contribution in [0.3, 0.4) is 0 Å². The maximum absolute atomic E-state index is 11.8. The van der Waals surface area contributed by atoms with Gasteiger partial charge in [-0.2, -0.15) is 0 Å². The number of amides is 1. The number of hydrogen-bond donors (Lipinski definition) is 2. The zero-order chi connectivity index (χ0) is 18.7. The van der Waals surface area contributed by atoms with Crippen LogP contribution in [0.2, 0.25) is 0 Å². The molecule has 148 valence electrons. The number of likely N-dealkylation sites (tertiary alicyclic amines) is 1. The normalized spacial score (nSPS) is 27.4. The molecule has 1 aromatic rings. The number of nitrogens with one attached hydrogen (secondary N) is 2. The van der Waals surface area contributed by atoms with Crippen molar-refractivity contribution < 1.29 is 9.53 Å². The zero-order valence-electron chi connectivity index (χ0n) is 16.5. The third-order valence-electron chi connectivity index (χ3n) is 6.88. The molecule has 1 saturated heterocycles. The number of rotatable bonds is 3. The van der Waals surface area contributed by atoms with Gasteiger partial charge in [-0.15, -0.1) is 0 Å². The lowest BCUT2D eigenvalue weighted by Gasteiger charge is -2.43. The second-order valence-corrected chi connectivity index (χ2v) is 8.45. The number of carbonyl (C=O) groups excluding carboxylic acids is 1. The van der Waals surface area contributed by atoms with Crippen LogP contribution in [-0.4, -0.2) is 49.3 Å². The lowest BCUT2D eigenvalue weighted by Crippen LogP contribution is -2.49. The Bertz CT molecular complexity index is 655. The second kappa shape index (κ2) is 8.09. The van der Waals surface area contributed by atoms with Gasteiger partial charge in [-0.05, 0) is 63.7 Å². The Hall–Kier alpha value is -1.75. The number of benzene rings is 1. The summed E-state index contributed by atoms with van der Waals surface area (Å²) in [6.07, 6.45) is 8.04. The molecule has 0 bridgehead atoms. The van der Waals surface area contributed by atoms with Crippen molar-refractivity contribution >= 4 is 11.8 Å². The molecule has 2 aliphatic heterocycles. The van der Waals surface area contributed by atoms with Crippen molar-refractivity contribution in [3.63, 3.8) is 0 Å². The van der Waals surface area contributed by atoms with E-state index in [1.54, 1.807) is 0 Å². The van der Waals surface area contributed by atoms with E-state index in [4.69, 9.17) is 4.74 Å². The molecule has 27 heavy (non-hydrogen) atoms. The van der Waals surface area contributed by atoms with Gasteiger partial charge in [0.1, 0.15) is 0 Å². The van der Waals surface area contributed by atoms with Crippen molar-refractivity contribution in [1.82, 2.24) is 10.2 Å². The minimum atomic E-state index is -0.255. The van der Waals surface area contributed by atoms with Gasteiger partial charge in [0, 0.05) is 29.7 Å². The molecular formula is C22H33N3O2. The van der Waals surface area contributed by atoms with E-state index >= 15 is 0 Å². The van der Waals surface area contributed by atoms with Gasteiger partial charge in [-0.3, -0.25) is 0 Å². The summed E-state index contributed by atoms with van der Waals surface area (Å²) in [6, 6.07) is 9.67. The summed E-state index contributed by atoms with van der Waals surface area (Å²) in [5, 5.41) is 6.72. The Morgan fingerprint density at radius 1 is 1.26 bits per heavy atom. The number of para-hydroxylation sites is 1. The topological polar surface area (TPSA) is 53.6 Å². The third-order valence-corrected chi connectivity index (χ3v) is 6.88. The molecule has 0 radical (unpaired) electrons. The van der Waals surface area contributed by atoms with E-state index in [-0.39, 0.29) is 12.1 Å². The summed E-state index contributed by atoms with van der Waals surface area (Å²) in [5.74, 6) is 0. The summed E-state index contributed by atoms with van der Waals surface area (Å²) in [6.45, 7) is 5.69. The van der Waals surface area contributed by atoms with Crippen molar-refractivity contribution in [2.75, 3.05) is 31.6 Å². The van der Waals surface area contributed by atoms with E-state index in [1.807, 2.05) is 6.92 Å². The maximum atomic E-state index is 11.8. The first kappa shape index (κ1) is 18.6. The lowest BCUT2D eigenvalue weighted by molar-refractivity contribution is 0.104. The van der Waals surface area contributed by atoms with Crippen LogP contribution in [0.15, 0.2) is 24.3 Å². The number of hydrogen-bond acceptors (Lipinski definition) is 4. The average molecular weight is 372 g/mol. The Morgan fingerprint density at radius 2 is 2.04 bits per heavy atom. The van der Waals surface area contributed by atoms with Crippen LogP contribution in [0.5, 0.6) is 0 Å². The molecule has 1 amide bonds. The van der Waals surface area contributed by atoms with Gasteiger partial charge in [-0.1, -0.05) is 31.0 Å². The highest BCUT2D eigenvalue weighted by atomic mass is 16.5. The fourth-order valence-corrected chi connectivity index (χ4v) is 5.36. The maximum Gasteiger partial charge on any atom is 0.407 e. The molecule has 2 fully saturated rings. The molecule has 2 atom stereocenters. The SMILES string of the molecule is CCOC(=O)NC1CCCCC(N2CCC3(CC2)CNc2ccccc23)C1. The van der Waals surface area contributed by atoms with Crippen LogP contribution in [0, 0.1) is 0 Å². The summed E-state index contributed by atoms with van der Waals surface area (Å²) in [7, 11) is 0. The molecule has 4 rings (SSSR count). The number of anilines is 1. The highest BCUT2D eigenvalue weighted by molar-refractivity contribution is 5.67. The monoisotopic (exact) mass is 371 g/mol. The molecule has 2 N–H and O–H groups in total. The summed E-state index contributed by atoms with van der Waals surface area (Å²) >= 11 is 0. The van der Waals surface area contributed by atoms with Crippen LogP contribution in [0.4, 0.5) is 10.5 Å². The number of piperidine rings is 1. The number of alkyl carbamates (subject to hydrolysis) is 1. The third kappa shape index (κ3) is 3.93. The van der Waals surface area contributed by atoms with Gasteiger partial charge in [0.2, 0.25) is 0 Å². The molecule has 2 unspecified atom stereocenters. The quantitative estimate of drug-likeness (QED) is 0.792. The highest BCUT2D eigenvalue weighted by Crippen LogP contribution is 2.44. The average Bonchev–Trinajstić information content (AvgIpc) is 2.87. The molecule has 2 heterocycles. The van der Waals surface area contributed by atoms with E-state index in [0.29, 0.717) is 18.1 Å². The molecule has 5 nitrogen and oxygen atoms in total. The molecule has 1 aliphatic carbocycles. The highest BCUT2D eigenvalue weighted by Gasteiger charge is 2.42. The van der Waals surface area contributed by atoms with Gasteiger partial charge in [0.05, 0.1) is 6.61 Å². The van der Waals surface area contributed by atoms with Crippen molar-refractivity contribution in [2.24, 2.45) is 0 Å². The van der Waals surface area contributed by atoms with Crippen molar-refractivity contribution in [2.45, 2.75) is 69.4 Å². The van der Waals surface area contributed by atoms with Gasteiger partial charge in [0.25, 0.3) is 0 Å². The smallest absolute Gasteiger partial charge is 0.407 e. The van der Waals surface area contributed by atoms with Crippen LogP contribution >= 0.6 is 0 Å². The largest absolute Gasteiger partial charge is 0.450 e. The predicted molar refractivity (Wildman–Crippen MR) is 108 cm³/mol. The summed E-state index contributed by atoms with van der Waals surface area (Å²) in [4.78, 5) is 14.5. The number of nitrogens with zero attached hydrogens (tertiary/aromatic N) is 1. The van der Waals surface area contributed by atoms with Gasteiger partial charge in [0.15, 0.2) is 0 Å². The molecule has 1 spiro atoms. The van der Waals surface area contributed by atoms with E-state index < -0.39 is 0 Å². The first-order valence-electron chi connectivity index (χ1n) is 10.7. The number of ether oxygens (including phenoxy) is 1. The van der Waals surface area contributed by atoms with Crippen molar-refractivity contribution in [1.29, 1.82) is 0 Å². The Kier molecular flexibility index (Phi) is 5.58. The van der Waals surface area contributed by atoms with Crippen molar-refractivity contribution in [3.8, 4) is 0 Å². The van der Waals surface area contributed by atoms with E-state index in [2.05, 4.69) is 39.8 Å². The second-order valence-electron chi connectivity index (χ2n) is 8.45. The van der Waals surface area contributed by atoms with E-state index in [1.165, 1.54) is 43.4 Å². The number of carbonyl (C=O) groups is 1. The minimum Gasteiger partial charge on any atom is -0.450 e. The Morgan fingerprint density at radius 3 is 2.85 bits per heavy atom. The Balaban J connectivity index is 1.37. The molecule has 1 aromatic carbocycles. The van der Waals surface area contributed by atoms with Crippen LogP contribution in [0.1, 0.15) is 57.4 Å². The first-order chi connectivity index (χ1) is 13.2. The molecule has 1 saturated carbocycles. The summed E-state index contributed by atoms with van der Waals surface area (Å²) in [5.41, 5.74) is 3.17. The molecular weight excluding hydrogens is 338 g/mol. The predicted octanol–water partition coefficient (Wildman–Crippen LogP) is 3.89. The number of fused-ring (bicyclic) bond motifs is 2.